The highest BCUT2D eigenvalue weighted by Crippen LogP contribution is 2.17. The Morgan fingerprint density at radius 3 is 3.62 bits per heavy atom. The van der Waals surface area contributed by atoms with Gasteiger partial charge >= 0.3 is 0 Å². The van der Waals surface area contributed by atoms with Crippen LogP contribution in [0.2, 0.25) is 0 Å². The summed E-state index contributed by atoms with van der Waals surface area (Å²) < 4.78 is 5.00. The van der Waals surface area contributed by atoms with Gasteiger partial charge in [-0.25, -0.2) is 0 Å². The lowest BCUT2D eigenvalue weighted by Gasteiger charge is -2.08. The molecule has 2 heteroatoms. The second-order valence-electron chi connectivity index (χ2n) is 1.88. The van der Waals surface area contributed by atoms with Crippen molar-refractivity contribution in [2.24, 2.45) is 0 Å². The Kier molecular flexibility index (Phi) is 0.640. The number of nitrogens with zero attached hydrogens (tertiary/aromatic N) is 1. The molecule has 1 radical (unpaired) electrons. The Bertz CT molecular complexity index is 160. The molecule has 0 spiro atoms. The highest BCUT2D eigenvalue weighted by Gasteiger charge is 2.15. The zero-order valence-electron chi connectivity index (χ0n) is 4.42. The van der Waals surface area contributed by atoms with Gasteiger partial charge in [-0.1, -0.05) is 0 Å². The van der Waals surface area contributed by atoms with Crippen molar-refractivity contribution < 1.29 is 4.74 Å². The first-order chi connectivity index (χ1) is 3.97. The molecule has 2 heterocycles. The van der Waals surface area contributed by atoms with Crippen molar-refractivity contribution in [1.82, 2.24) is 4.90 Å². The smallest absolute Gasteiger partial charge is 0.161 e. The van der Waals surface area contributed by atoms with E-state index in [2.05, 4.69) is 11.0 Å². The molecule has 0 aromatic heterocycles. The third-order valence-electron chi connectivity index (χ3n) is 1.33. The third kappa shape index (κ3) is 0.372. The first-order valence-electron chi connectivity index (χ1n) is 2.60. The minimum atomic E-state index is 0.707. The molecule has 0 fully saturated rings. The molecule has 0 amide bonds. The van der Waals surface area contributed by atoms with Gasteiger partial charge in [0, 0.05) is 6.54 Å². The van der Waals surface area contributed by atoms with Gasteiger partial charge in [-0.05, 0) is 12.2 Å². The van der Waals surface area contributed by atoms with Gasteiger partial charge in [0.15, 0.2) is 6.73 Å². The van der Waals surface area contributed by atoms with Crippen LogP contribution in [0.25, 0.3) is 0 Å². The molecule has 0 bridgehead atoms. The molecule has 8 heavy (non-hydrogen) atoms. The van der Waals surface area contributed by atoms with E-state index in [4.69, 9.17) is 4.74 Å². The lowest BCUT2D eigenvalue weighted by Crippen LogP contribution is -2.14. The van der Waals surface area contributed by atoms with Gasteiger partial charge in [0.1, 0.15) is 6.26 Å². The summed E-state index contributed by atoms with van der Waals surface area (Å²) in [7, 11) is 0. The molecule has 0 saturated heterocycles. The fourth-order valence-corrected chi connectivity index (χ4v) is 0.884. The molecule has 0 atom stereocenters. The minimum absolute atomic E-state index is 0.707. The summed E-state index contributed by atoms with van der Waals surface area (Å²) in [6.07, 6.45) is 6.79. The first kappa shape index (κ1) is 4.01. The van der Waals surface area contributed by atoms with Crippen LogP contribution in [0.4, 0.5) is 0 Å². The van der Waals surface area contributed by atoms with Crippen LogP contribution in [0.5, 0.6) is 0 Å². The van der Waals surface area contributed by atoms with E-state index >= 15 is 0 Å². The number of rotatable bonds is 0. The van der Waals surface area contributed by atoms with Crippen LogP contribution in [-0.2, 0) is 4.74 Å². The first-order valence-corrected chi connectivity index (χ1v) is 2.60. The monoisotopic (exact) mass is 108 g/mol. The van der Waals surface area contributed by atoms with Crippen molar-refractivity contribution in [3.63, 3.8) is 0 Å². The second kappa shape index (κ2) is 1.28. The molecule has 41 valence electrons. The van der Waals surface area contributed by atoms with Crippen molar-refractivity contribution in [2.75, 3.05) is 13.3 Å². The van der Waals surface area contributed by atoms with E-state index in [0.29, 0.717) is 6.73 Å². The lowest BCUT2D eigenvalue weighted by atomic mass is 10.5. The summed E-state index contributed by atoms with van der Waals surface area (Å²) in [6.45, 7) is 1.60. The Morgan fingerprint density at radius 1 is 1.75 bits per heavy atom. The molecule has 2 aliphatic heterocycles. The molecular formula is C6H6NO. The highest BCUT2D eigenvalue weighted by molar-refractivity contribution is 5.20. The van der Waals surface area contributed by atoms with Crippen LogP contribution < -0.4 is 0 Å². The molecule has 0 N–H and O–H groups in total. The standard InChI is InChI=1S/C6H6NO/c1-2-6-4-8-5-7(6)3-1/h2,4H,3,5H2. The summed E-state index contributed by atoms with van der Waals surface area (Å²) in [4.78, 5) is 2.11. The van der Waals surface area contributed by atoms with E-state index in [-0.39, 0.29) is 0 Å². The summed E-state index contributed by atoms with van der Waals surface area (Å²) >= 11 is 0. The molecule has 0 aromatic rings. The third-order valence-corrected chi connectivity index (χ3v) is 1.33. The van der Waals surface area contributed by atoms with Gasteiger partial charge in [-0.15, -0.1) is 0 Å². The largest absolute Gasteiger partial charge is 0.479 e. The zero-order valence-corrected chi connectivity index (χ0v) is 4.42. The van der Waals surface area contributed by atoms with Crippen molar-refractivity contribution in [3.8, 4) is 0 Å². The summed E-state index contributed by atoms with van der Waals surface area (Å²) in [5.41, 5.74) is 1.16. The number of hydrogen-bond donors (Lipinski definition) is 0. The van der Waals surface area contributed by atoms with E-state index in [1.165, 1.54) is 0 Å². The molecule has 0 aliphatic carbocycles. The molecule has 0 saturated carbocycles. The van der Waals surface area contributed by atoms with Gasteiger partial charge in [-0.2, -0.15) is 0 Å². The maximum absolute atomic E-state index is 5.00. The van der Waals surface area contributed by atoms with Crippen LogP contribution in [0.3, 0.4) is 0 Å². The Labute approximate surface area is 48.0 Å². The predicted molar refractivity (Wildman–Crippen MR) is 28.6 cm³/mol. The lowest BCUT2D eigenvalue weighted by molar-refractivity contribution is 0.179. The SMILES string of the molecule is [C]1=CC2=COCN2C1. The number of ether oxygens (including phenoxy) is 1. The summed E-state index contributed by atoms with van der Waals surface area (Å²) in [6, 6.07) is 0. The number of hydrogen-bond acceptors (Lipinski definition) is 2. The Morgan fingerprint density at radius 2 is 2.75 bits per heavy atom. The Balaban J connectivity index is 2.31. The van der Waals surface area contributed by atoms with E-state index in [1.54, 1.807) is 6.26 Å². The van der Waals surface area contributed by atoms with Gasteiger partial charge < -0.3 is 9.64 Å². The van der Waals surface area contributed by atoms with Crippen molar-refractivity contribution in [3.05, 3.63) is 24.1 Å². The van der Waals surface area contributed by atoms with Gasteiger partial charge in [-0.3, -0.25) is 0 Å². The van der Waals surface area contributed by atoms with Gasteiger partial charge in [0.25, 0.3) is 0 Å². The van der Waals surface area contributed by atoms with Crippen molar-refractivity contribution in [1.29, 1.82) is 0 Å². The molecule has 2 rings (SSSR count). The van der Waals surface area contributed by atoms with Crippen LogP contribution >= 0.6 is 0 Å². The average molecular weight is 108 g/mol. The summed E-state index contributed by atoms with van der Waals surface area (Å²) in [5, 5.41) is 0. The fourth-order valence-electron chi connectivity index (χ4n) is 0.884. The molecule has 2 aliphatic rings. The molecule has 0 unspecified atom stereocenters. The molecule has 2 nitrogen and oxygen atoms in total. The van der Waals surface area contributed by atoms with E-state index in [1.807, 2.05) is 6.08 Å². The predicted octanol–water partition coefficient (Wildman–Crippen LogP) is 0.490. The Hall–Kier alpha value is -0.920. The van der Waals surface area contributed by atoms with Crippen LogP contribution in [0.15, 0.2) is 18.0 Å². The fraction of sp³-hybridized carbons (Fsp3) is 0.333. The topological polar surface area (TPSA) is 12.5 Å². The molecule has 0 aromatic carbocycles. The quantitative estimate of drug-likeness (QED) is 0.447. The van der Waals surface area contributed by atoms with Crippen molar-refractivity contribution in [2.45, 2.75) is 0 Å². The maximum atomic E-state index is 5.00. The van der Waals surface area contributed by atoms with E-state index in [9.17, 15) is 0 Å². The van der Waals surface area contributed by atoms with Crippen LogP contribution in [0.1, 0.15) is 0 Å². The van der Waals surface area contributed by atoms with Crippen LogP contribution in [0, 0.1) is 6.08 Å². The van der Waals surface area contributed by atoms with Crippen LogP contribution in [-0.4, -0.2) is 18.2 Å². The van der Waals surface area contributed by atoms with E-state index in [0.717, 1.165) is 12.2 Å². The number of allylic oxidation sites excluding steroid dienone is 1. The van der Waals surface area contributed by atoms with E-state index < -0.39 is 0 Å². The second-order valence-corrected chi connectivity index (χ2v) is 1.88. The number of fused-ring (bicyclic) bond motifs is 1. The van der Waals surface area contributed by atoms with Gasteiger partial charge in [0.2, 0.25) is 0 Å². The maximum Gasteiger partial charge on any atom is 0.161 e. The molecular weight excluding hydrogens is 102 g/mol. The van der Waals surface area contributed by atoms with Crippen molar-refractivity contribution >= 4 is 0 Å². The average Bonchev–Trinajstić information content (AvgIpc) is 2.15. The summed E-state index contributed by atoms with van der Waals surface area (Å²) in [5.74, 6) is 0. The van der Waals surface area contributed by atoms with Gasteiger partial charge in [0.05, 0.1) is 5.70 Å². The highest BCUT2D eigenvalue weighted by atomic mass is 16.5. The zero-order chi connectivity index (χ0) is 5.40. The normalized spacial score (nSPS) is 23.0. The minimum Gasteiger partial charge on any atom is -0.479 e.